The molecule has 154 valence electrons. The molecule has 0 heterocycles. The van der Waals surface area contributed by atoms with Crippen LogP contribution in [0.5, 0.6) is 0 Å². The van der Waals surface area contributed by atoms with E-state index in [4.69, 9.17) is 5.73 Å². The Bertz CT molecular complexity index is 510. The van der Waals surface area contributed by atoms with Gasteiger partial charge in [-0.05, 0) is 68.6 Å². The van der Waals surface area contributed by atoms with Crippen LogP contribution in [0.1, 0.15) is 78.6 Å². The zero-order chi connectivity index (χ0) is 19.6. The molecule has 0 saturated heterocycles. The number of carbonyl (C=O) groups excluding carboxylic acids is 2. The van der Waals surface area contributed by atoms with Crippen molar-refractivity contribution in [2.75, 3.05) is 6.54 Å². The summed E-state index contributed by atoms with van der Waals surface area (Å²) in [5, 5.41) is 6.25. The van der Waals surface area contributed by atoms with Crippen molar-refractivity contribution in [3.63, 3.8) is 0 Å². The Hall–Kier alpha value is -1.10. The number of rotatable bonds is 9. The molecule has 4 fully saturated rings. The van der Waals surface area contributed by atoms with Gasteiger partial charge in [-0.3, -0.25) is 9.59 Å². The maximum Gasteiger partial charge on any atom is 0.243 e. The molecule has 4 bridgehead atoms. The van der Waals surface area contributed by atoms with Crippen molar-refractivity contribution < 1.29 is 9.59 Å². The molecule has 2 atom stereocenters. The SMILES string of the molecule is CCCCC(CN)NC(=O)C(NC(=O)C12CC3CC(CC(C3)C1)C2)C(C)C. The van der Waals surface area contributed by atoms with E-state index in [2.05, 4.69) is 17.6 Å². The van der Waals surface area contributed by atoms with Crippen LogP contribution >= 0.6 is 0 Å². The molecule has 4 aliphatic carbocycles. The van der Waals surface area contributed by atoms with Crippen LogP contribution in [0.4, 0.5) is 0 Å². The first-order chi connectivity index (χ1) is 12.9. The molecular weight excluding hydrogens is 338 g/mol. The Morgan fingerprint density at radius 2 is 1.59 bits per heavy atom. The highest BCUT2D eigenvalue weighted by molar-refractivity contribution is 5.90. The molecule has 27 heavy (non-hydrogen) atoms. The molecule has 4 aliphatic rings. The lowest BCUT2D eigenvalue weighted by Gasteiger charge is -2.55. The first-order valence-corrected chi connectivity index (χ1v) is 11.2. The summed E-state index contributed by atoms with van der Waals surface area (Å²) >= 11 is 0. The summed E-state index contributed by atoms with van der Waals surface area (Å²) in [5.41, 5.74) is 5.63. The fourth-order valence-electron chi connectivity index (χ4n) is 6.21. The number of hydrogen-bond acceptors (Lipinski definition) is 3. The molecule has 0 spiro atoms. The third-order valence-electron chi connectivity index (χ3n) is 7.29. The molecule has 0 radical (unpaired) electrons. The molecule has 5 heteroatoms. The first-order valence-electron chi connectivity index (χ1n) is 11.2. The molecule has 4 saturated carbocycles. The highest BCUT2D eigenvalue weighted by atomic mass is 16.2. The van der Waals surface area contributed by atoms with Crippen LogP contribution in [0.25, 0.3) is 0 Å². The zero-order valence-electron chi connectivity index (χ0n) is 17.4. The number of unbranched alkanes of at least 4 members (excludes halogenated alkanes) is 1. The molecule has 0 aromatic rings. The number of nitrogens with two attached hydrogens (primary N) is 1. The lowest BCUT2D eigenvalue weighted by molar-refractivity contribution is -0.149. The highest BCUT2D eigenvalue weighted by Gasteiger charge is 2.55. The van der Waals surface area contributed by atoms with Crippen LogP contribution < -0.4 is 16.4 Å². The zero-order valence-corrected chi connectivity index (χ0v) is 17.4. The van der Waals surface area contributed by atoms with E-state index in [0.717, 1.165) is 56.3 Å². The van der Waals surface area contributed by atoms with Gasteiger partial charge in [0, 0.05) is 18.0 Å². The summed E-state index contributed by atoms with van der Waals surface area (Å²) in [5.74, 6) is 2.30. The van der Waals surface area contributed by atoms with Crippen molar-refractivity contribution in [3.05, 3.63) is 0 Å². The minimum absolute atomic E-state index is 0.00449. The molecule has 0 aliphatic heterocycles. The Morgan fingerprint density at radius 3 is 2.04 bits per heavy atom. The van der Waals surface area contributed by atoms with Gasteiger partial charge in [0.2, 0.25) is 11.8 Å². The van der Waals surface area contributed by atoms with Gasteiger partial charge in [-0.15, -0.1) is 0 Å². The summed E-state index contributed by atoms with van der Waals surface area (Å²) in [6.07, 6.45) is 10.1. The highest BCUT2D eigenvalue weighted by Crippen LogP contribution is 2.60. The maximum absolute atomic E-state index is 13.3. The minimum atomic E-state index is -0.471. The third kappa shape index (κ3) is 4.49. The number of nitrogens with one attached hydrogen (secondary N) is 2. The fourth-order valence-corrected chi connectivity index (χ4v) is 6.21. The Labute approximate surface area is 164 Å². The smallest absolute Gasteiger partial charge is 0.243 e. The van der Waals surface area contributed by atoms with Gasteiger partial charge >= 0.3 is 0 Å². The van der Waals surface area contributed by atoms with Crippen LogP contribution in [0, 0.1) is 29.1 Å². The van der Waals surface area contributed by atoms with Crippen molar-refractivity contribution in [2.24, 2.45) is 34.8 Å². The topological polar surface area (TPSA) is 84.2 Å². The monoisotopic (exact) mass is 377 g/mol. The molecule has 2 unspecified atom stereocenters. The van der Waals surface area contributed by atoms with Crippen molar-refractivity contribution in [3.8, 4) is 0 Å². The average molecular weight is 378 g/mol. The van der Waals surface area contributed by atoms with Gasteiger partial charge < -0.3 is 16.4 Å². The molecule has 0 aromatic carbocycles. The quantitative estimate of drug-likeness (QED) is 0.577. The molecule has 5 nitrogen and oxygen atoms in total. The van der Waals surface area contributed by atoms with E-state index >= 15 is 0 Å². The lowest BCUT2D eigenvalue weighted by atomic mass is 9.49. The van der Waals surface area contributed by atoms with Crippen LogP contribution in [0.15, 0.2) is 0 Å². The first kappa shape index (κ1) is 20.6. The maximum atomic E-state index is 13.3. The van der Waals surface area contributed by atoms with Gasteiger partial charge in [0.25, 0.3) is 0 Å². The molecular formula is C22H39N3O2. The van der Waals surface area contributed by atoms with E-state index in [1.165, 1.54) is 19.3 Å². The Balaban J connectivity index is 1.64. The van der Waals surface area contributed by atoms with E-state index in [1.54, 1.807) is 0 Å². The molecule has 4 N–H and O–H groups in total. The van der Waals surface area contributed by atoms with E-state index in [9.17, 15) is 9.59 Å². The Morgan fingerprint density at radius 1 is 1.04 bits per heavy atom. The van der Waals surface area contributed by atoms with E-state index in [0.29, 0.717) is 6.54 Å². The van der Waals surface area contributed by atoms with Gasteiger partial charge in [-0.1, -0.05) is 33.6 Å². The Kier molecular flexibility index (Phi) is 6.50. The minimum Gasteiger partial charge on any atom is -0.350 e. The van der Waals surface area contributed by atoms with Crippen LogP contribution in [0.3, 0.4) is 0 Å². The number of carbonyl (C=O) groups is 2. The molecule has 2 amide bonds. The van der Waals surface area contributed by atoms with Crippen molar-refractivity contribution in [1.82, 2.24) is 10.6 Å². The van der Waals surface area contributed by atoms with Gasteiger partial charge in [-0.2, -0.15) is 0 Å². The van der Waals surface area contributed by atoms with E-state index < -0.39 is 6.04 Å². The predicted molar refractivity (Wildman–Crippen MR) is 108 cm³/mol. The summed E-state index contributed by atoms with van der Waals surface area (Å²) in [6.45, 7) is 6.60. The summed E-state index contributed by atoms with van der Waals surface area (Å²) < 4.78 is 0. The van der Waals surface area contributed by atoms with Crippen LogP contribution in [-0.4, -0.2) is 30.4 Å². The third-order valence-corrected chi connectivity index (χ3v) is 7.29. The van der Waals surface area contributed by atoms with Crippen LogP contribution in [-0.2, 0) is 9.59 Å². The van der Waals surface area contributed by atoms with Crippen LogP contribution in [0.2, 0.25) is 0 Å². The number of hydrogen-bond donors (Lipinski definition) is 3. The predicted octanol–water partition coefficient (Wildman–Crippen LogP) is 2.98. The standard InChI is InChI=1S/C22H39N3O2/c1-4-5-6-18(13-23)24-20(26)19(14(2)3)25-21(27)22-10-15-7-16(11-22)9-17(8-15)12-22/h14-19H,4-13,23H2,1-3H3,(H,24,26)(H,25,27). The van der Waals surface area contributed by atoms with Crippen molar-refractivity contribution in [2.45, 2.75) is 90.6 Å². The summed E-state index contributed by atoms with van der Waals surface area (Å²) in [4.78, 5) is 26.2. The van der Waals surface area contributed by atoms with Gasteiger partial charge in [-0.25, -0.2) is 0 Å². The molecule has 0 aromatic heterocycles. The van der Waals surface area contributed by atoms with Gasteiger partial charge in [0.1, 0.15) is 6.04 Å². The van der Waals surface area contributed by atoms with Crippen molar-refractivity contribution >= 4 is 11.8 Å². The van der Waals surface area contributed by atoms with Gasteiger partial charge in [0.15, 0.2) is 0 Å². The van der Waals surface area contributed by atoms with Gasteiger partial charge in [0.05, 0.1) is 0 Å². The number of amides is 2. The molecule has 4 rings (SSSR count). The van der Waals surface area contributed by atoms with E-state index in [-0.39, 0.29) is 29.2 Å². The van der Waals surface area contributed by atoms with Crippen molar-refractivity contribution in [1.29, 1.82) is 0 Å². The summed E-state index contributed by atoms with van der Waals surface area (Å²) in [7, 11) is 0. The summed E-state index contributed by atoms with van der Waals surface area (Å²) in [6, 6.07) is -0.476. The fraction of sp³-hybridized carbons (Fsp3) is 0.909. The largest absolute Gasteiger partial charge is 0.350 e. The second-order valence-corrected chi connectivity index (χ2v) is 9.98. The lowest BCUT2D eigenvalue weighted by Crippen LogP contribution is -2.59. The normalized spacial score (nSPS) is 33.7. The second-order valence-electron chi connectivity index (χ2n) is 9.98. The van der Waals surface area contributed by atoms with E-state index in [1.807, 2.05) is 13.8 Å². The second kappa shape index (κ2) is 8.50. The average Bonchev–Trinajstić information content (AvgIpc) is 2.61.